The SMILES string of the molecule is CCCCOc1ccc(C(=O)Nc2cc(OC)ccc2N)cc1. The molecule has 0 atom stereocenters. The first kappa shape index (κ1) is 16.7. The highest BCUT2D eigenvalue weighted by atomic mass is 16.5. The third-order valence-corrected chi connectivity index (χ3v) is 3.39. The maximum atomic E-state index is 12.3. The molecule has 0 unspecified atom stereocenters. The van der Waals surface area contributed by atoms with Gasteiger partial charge in [-0.2, -0.15) is 0 Å². The predicted octanol–water partition coefficient (Wildman–Crippen LogP) is 3.71. The van der Waals surface area contributed by atoms with Crippen LogP contribution in [0.3, 0.4) is 0 Å². The molecule has 0 aromatic heterocycles. The second kappa shape index (κ2) is 8.08. The van der Waals surface area contributed by atoms with Crippen molar-refractivity contribution >= 4 is 17.3 Å². The molecular weight excluding hydrogens is 292 g/mol. The fraction of sp³-hybridized carbons (Fsp3) is 0.278. The number of anilines is 2. The van der Waals surface area contributed by atoms with Gasteiger partial charge in [0.05, 0.1) is 25.1 Å². The molecule has 0 saturated carbocycles. The van der Waals surface area contributed by atoms with Crippen LogP contribution in [0.25, 0.3) is 0 Å². The minimum Gasteiger partial charge on any atom is -0.497 e. The smallest absolute Gasteiger partial charge is 0.255 e. The van der Waals surface area contributed by atoms with E-state index in [0.29, 0.717) is 29.3 Å². The Labute approximate surface area is 136 Å². The molecule has 122 valence electrons. The molecule has 0 aliphatic rings. The first-order valence-corrected chi connectivity index (χ1v) is 7.61. The van der Waals surface area contributed by atoms with Crippen LogP contribution in [0.5, 0.6) is 11.5 Å². The Balaban J connectivity index is 2.03. The molecule has 3 N–H and O–H groups in total. The van der Waals surface area contributed by atoms with Crippen molar-refractivity contribution in [2.24, 2.45) is 0 Å². The van der Waals surface area contributed by atoms with Gasteiger partial charge in [-0.15, -0.1) is 0 Å². The van der Waals surface area contributed by atoms with Gasteiger partial charge in [-0.1, -0.05) is 13.3 Å². The maximum Gasteiger partial charge on any atom is 0.255 e. The number of benzene rings is 2. The number of unbranched alkanes of at least 4 members (excludes halogenated alkanes) is 1. The second-order valence-corrected chi connectivity index (χ2v) is 5.13. The Morgan fingerprint density at radius 3 is 2.48 bits per heavy atom. The summed E-state index contributed by atoms with van der Waals surface area (Å²) in [5.41, 5.74) is 7.42. The lowest BCUT2D eigenvalue weighted by molar-refractivity contribution is 0.102. The molecule has 0 spiro atoms. The van der Waals surface area contributed by atoms with E-state index < -0.39 is 0 Å². The van der Waals surface area contributed by atoms with E-state index in [-0.39, 0.29) is 5.91 Å². The van der Waals surface area contributed by atoms with Gasteiger partial charge in [0.1, 0.15) is 11.5 Å². The molecule has 0 bridgehead atoms. The summed E-state index contributed by atoms with van der Waals surface area (Å²) >= 11 is 0. The second-order valence-electron chi connectivity index (χ2n) is 5.13. The number of nitrogens with one attached hydrogen (secondary N) is 1. The van der Waals surface area contributed by atoms with Crippen LogP contribution < -0.4 is 20.5 Å². The van der Waals surface area contributed by atoms with E-state index in [2.05, 4.69) is 12.2 Å². The molecule has 5 heteroatoms. The average molecular weight is 314 g/mol. The van der Waals surface area contributed by atoms with Gasteiger partial charge in [0.2, 0.25) is 0 Å². The van der Waals surface area contributed by atoms with Crippen LogP contribution >= 0.6 is 0 Å². The lowest BCUT2D eigenvalue weighted by Gasteiger charge is -2.10. The zero-order valence-corrected chi connectivity index (χ0v) is 13.5. The zero-order valence-electron chi connectivity index (χ0n) is 13.5. The van der Waals surface area contributed by atoms with Crippen molar-refractivity contribution in [2.45, 2.75) is 19.8 Å². The van der Waals surface area contributed by atoms with Crippen LogP contribution in [0.2, 0.25) is 0 Å². The number of hydrogen-bond acceptors (Lipinski definition) is 4. The maximum absolute atomic E-state index is 12.3. The first-order valence-electron chi connectivity index (χ1n) is 7.61. The third-order valence-electron chi connectivity index (χ3n) is 3.39. The van der Waals surface area contributed by atoms with Gasteiger partial charge in [-0.25, -0.2) is 0 Å². The summed E-state index contributed by atoms with van der Waals surface area (Å²) in [7, 11) is 1.56. The largest absolute Gasteiger partial charge is 0.497 e. The highest BCUT2D eigenvalue weighted by molar-refractivity contribution is 6.05. The van der Waals surface area contributed by atoms with Crippen LogP contribution in [-0.2, 0) is 0 Å². The van der Waals surface area contributed by atoms with E-state index >= 15 is 0 Å². The Hall–Kier alpha value is -2.69. The molecule has 0 radical (unpaired) electrons. The molecule has 2 aromatic carbocycles. The number of carbonyl (C=O) groups excluding carboxylic acids is 1. The van der Waals surface area contributed by atoms with E-state index in [4.69, 9.17) is 15.2 Å². The lowest BCUT2D eigenvalue weighted by Crippen LogP contribution is -2.13. The minimum atomic E-state index is -0.231. The summed E-state index contributed by atoms with van der Waals surface area (Å²) < 4.78 is 10.7. The van der Waals surface area contributed by atoms with Crippen LogP contribution in [0.15, 0.2) is 42.5 Å². The Morgan fingerprint density at radius 2 is 1.83 bits per heavy atom. The summed E-state index contributed by atoms with van der Waals surface area (Å²) in [6.07, 6.45) is 2.10. The minimum absolute atomic E-state index is 0.231. The molecule has 0 aliphatic heterocycles. The van der Waals surface area contributed by atoms with Crippen molar-refractivity contribution in [1.82, 2.24) is 0 Å². The number of nitrogen functional groups attached to an aromatic ring is 1. The fourth-order valence-electron chi connectivity index (χ4n) is 2.00. The molecule has 0 aliphatic carbocycles. The van der Waals surface area contributed by atoms with Crippen molar-refractivity contribution in [3.8, 4) is 11.5 Å². The van der Waals surface area contributed by atoms with E-state index in [1.807, 2.05) is 0 Å². The predicted molar refractivity (Wildman–Crippen MR) is 92.2 cm³/mol. The highest BCUT2D eigenvalue weighted by Gasteiger charge is 2.09. The van der Waals surface area contributed by atoms with Gasteiger partial charge in [-0.3, -0.25) is 4.79 Å². The summed E-state index contributed by atoms with van der Waals surface area (Å²) in [6.45, 7) is 2.80. The zero-order chi connectivity index (χ0) is 16.7. The molecule has 23 heavy (non-hydrogen) atoms. The molecule has 5 nitrogen and oxygen atoms in total. The monoisotopic (exact) mass is 314 g/mol. The van der Waals surface area contributed by atoms with Crippen LogP contribution in [0.1, 0.15) is 30.1 Å². The molecular formula is C18H22N2O3. The Kier molecular flexibility index (Phi) is 5.86. The molecule has 2 rings (SSSR count). The summed E-state index contributed by atoms with van der Waals surface area (Å²) in [5.74, 6) is 1.16. The third kappa shape index (κ3) is 4.64. The summed E-state index contributed by atoms with van der Waals surface area (Å²) in [4.78, 5) is 12.3. The van der Waals surface area contributed by atoms with Crippen LogP contribution in [-0.4, -0.2) is 19.6 Å². The van der Waals surface area contributed by atoms with E-state index in [9.17, 15) is 4.79 Å². The number of rotatable bonds is 7. The van der Waals surface area contributed by atoms with Gasteiger partial charge in [0, 0.05) is 11.6 Å². The van der Waals surface area contributed by atoms with Gasteiger partial charge >= 0.3 is 0 Å². The lowest BCUT2D eigenvalue weighted by atomic mass is 10.2. The Morgan fingerprint density at radius 1 is 1.13 bits per heavy atom. The van der Waals surface area contributed by atoms with Crippen molar-refractivity contribution in [3.63, 3.8) is 0 Å². The standard InChI is InChI=1S/C18H22N2O3/c1-3-4-11-23-14-7-5-13(6-8-14)18(21)20-17-12-15(22-2)9-10-16(17)19/h5-10,12H,3-4,11,19H2,1-2H3,(H,20,21). The average Bonchev–Trinajstić information content (AvgIpc) is 2.57. The van der Waals surface area contributed by atoms with Crippen LogP contribution in [0.4, 0.5) is 11.4 Å². The van der Waals surface area contributed by atoms with E-state index in [1.165, 1.54) is 0 Å². The Bertz CT molecular complexity index is 654. The highest BCUT2D eigenvalue weighted by Crippen LogP contribution is 2.25. The van der Waals surface area contributed by atoms with Crippen molar-refractivity contribution in [2.75, 3.05) is 24.8 Å². The first-order chi connectivity index (χ1) is 11.1. The van der Waals surface area contributed by atoms with Gasteiger partial charge in [-0.05, 0) is 42.8 Å². The number of carbonyl (C=O) groups is 1. The van der Waals surface area contributed by atoms with Gasteiger partial charge in [0.15, 0.2) is 0 Å². The molecule has 1 amide bonds. The number of hydrogen-bond donors (Lipinski definition) is 2. The molecule has 0 fully saturated rings. The number of ether oxygens (including phenoxy) is 2. The normalized spacial score (nSPS) is 10.2. The number of nitrogens with two attached hydrogens (primary N) is 1. The molecule has 2 aromatic rings. The molecule has 0 heterocycles. The number of methoxy groups -OCH3 is 1. The van der Waals surface area contributed by atoms with Crippen LogP contribution in [0, 0.1) is 0 Å². The topological polar surface area (TPSA) is 73.6 Å². The summed E-state index contributed by atoms with van der Waals surface area (Å²) in [6, 6.07) is 12.2. The van der Waals surface area contributed by atoms with Gasteiger partial charge in [0.25, 0.3) is 5.91 Å². The van der Waals surface area contributed by atoms with E-state index in [0.717, 1.165) is 18.6 Å². The molecule has 0 saturated heterocycles. The van der Waals surface area contributed by atoms with E-state index in [1.54, 1.807) is 49.6 Å². The van der Waals surface area contributed by atoms with Gasteiger partial charge < -0.3 is 20.5 Å². The van der Waals surface area contributed by atoms with Crippen molar-refractivity contribution in [1.29, 1.82) is 0 Å². The summed E-state index contributed by atoms with van der Waals surface area (Å²) in [5, 5.41) is 2.79. The number of amides is 1. The quantitative estimate of drug-likeness (QED) is 0.603. The van der Waals surface area contributed by atoms with Crippen molar-refractivity contribution < 1.29 is 14.3 Å². The van der Waals surface area contributed by atoms with Crippen molar-refractivity contribution in [3.05, 3.63) is 48.0 Å². The fourth-order valence-corrected chi connectivity index (χ4v) is 2.00.